The maximum atomic E-state index is 13.4. The van der Waals surface area contributed by atoms with E-state index < -0.39 is 0 Å². The van der Waals surface area contributed by atoms with E-state index in [9.17, 15) is 4.39 Å². The number of rotatable bonds is 5. The van der Waals surface area contributed by atoms with Crippen molar-refractivity contribution in [1.29, 1.82) is 0 Å². The normalized spacial score (nSPS) is 10.1. The van der Waals surface area contributed by atoms with E-state index in [1.54, 1.807) is 18.2 Å². The van der Waals surface area contributed by atoms with E-state index in [-0.39, 0.29) is 5.82 Å². The van der Waals surface area contributed by atoms with Crippen LogP contribution in [0.15, 0.2) is 42.5 Å². The third-order valence-corrected chi connectivity index (χ3v) is 2.43. The maximum Gasteiger partial charge on any atom is 0.215 e. The van der Waals surface area contributed by atoms with Gasteiger partial charge in [0.05, 0.1) is 6.61 Å². The fraction of sp³-hybridized carbons (Fsp3) is 0.214. The summed E-state index contributed by atoms with van der Waals surface area (Å²) in [4.78, 5) is 4.25. The summed E-state index contributed by atoms with van der Waals surface area (Å²) < 4.78 is 18.7. The molecule has 0 fully saturated rings. The summed E-state index contributed by atoms with van der Waals surface area (Å²) in [6.45, 7) is 2.88. The topological polar surface area (TPSA) is 34.1 Å². The highest BCUT2D eigenvalue weighted by Gasteiger charge is 2.01. The van der Waals surface area contributed by atoms with Gasteiger partial charge in [-0.05, 0) is 19.1 Å². The summed E-state index contributed by atoms with van der Waals surface area (Å²) in [5, 5.41) is 3.07. The van der Waals surface area contributed by atoms with Crippen LogP contribution < -0.4 is 10.1 Å². The number of nitrogens with one attached hydrogen (secondary N) is 1. The zero-order chi connectivity index (χ0) is 12.8. The second kappa shape index (κ2) is 6.00. The van der Waals surface area contributed by atoms with Gasteiger partial charge in [-0.15, -0.1) is 0 Å². The van der Waals surface area contributed by atoms with Gasteiger partial charge in [0.25, 0.3) is 0 Å². The van der Waals surface area contributed by atoms with Gasteiger partial charge in [-0.3, -0.25) is 0 Å². The van der Waals surface area contributed by atoms with Gasteiger partial charge in [0.15, 0.2) is 0 Å². The van der Waals surface area contributed by atoms with Gasteiger partial charge in [-0.2, -0.15) is 4.98 Å². The second-order valence-corrected chi connectivity index (χ2v) is 3.74. The first-order valence-corrected chi connectivity index (χ1v) is 5.86. The molecule has 0 radical (unpaired) electrons. The molecule has 0 aliphatic heterocycles. The largest absolute Gasteiger partial charge is 0.478 e. The molecule has 0 aliphatic rings. The van der Waals surface area contributed by atoms with Gasteiger partial charge in [0, 0.05) is 18.2 Å². The van der Waals surface area contributed by atoms with Crippen LogP contribution in [0.3, 0.4) is 0 Å². The Balaban J connectivity index is 2.02. The Bertz CT molecular complexity index is 517. The van der Waals surface area contributed by atoms with Crippen LogP contribution in [0.2, 0.25) is 0 Å². The van der Waals surface area contributed by atoms with E-state index in [1.807, 2.05) is 25.1 Å². The molecule has 1 aromatic heterocycles. The number of halogens is 1. The van der Waals surface area contributed by atoms with Crippen molar-refractivity contribution in [3.8, 4) is 5.88 Å². The van der Waals surface area contributed by atoms with Crippen LogP contribution in [0.4, 0.5) is 10.2 Å². The Morgan fingerprint density at radius 3 is 2.78 bits per heavy atom. The van der Waals surface area contributed by atoms with Crippen LogP contribution in [0, 0.1) is 5.82 Å². The lowest BCUT2D eigenvalue weighted by atomic mass is 10.2. The van der Waals surface area contributed by atoms with E-state index in [4.69, 9.17) is 4.74 Å². The van der Waals surface area contributed by atoms with E-state index in [0.29, 0.717) is 30.4 Å². The average Bonchev–Trinajstić information content (AvgIpc) is 2.39. The number of aromatic nitrogens is 1. The number of benzene rings is 1. The lowest BCUT2D eigenvalue weighted by Crippen LogP contribution is -2.04. The van der Waals surface area contributed by atoms with Crippen LogP contribution in [-0.4, -0.2) is 11.6 Å². The van der Waals surface area contributed by atoms with Crippen molar-refractivity contribution >= 4 is 5.82 Å². The van der Waals surface area contributed by atoms with Crippen molar-refractivity contribution in [3.63, 3.8) is 0 Å². The minimum atomic E-state index is -0.217. The Kier molecular flexibility index (Phi) is 4.12. The van der Waals surface area contributed by atoms with Crippen LogP contribution in [0.5, 0.6) is 5.88 Å². The first-order valence-electron chi connectivity index (χ1n) is 5.86. The molecular formula is C14H15FN2O. The van der Waals surface area contributed by atoms with Gasteiger partial charge in [-0.25, -0.2) is 4.39 Å². The molecule has 3 nitrogen and oxygen atoms in total. The lowest BCUT2D eigenvalue weighted by Gasteiger charge is -2.08. The van der Waals surface area contributed by atoms with Gasteiger partial charge in [0.1, 0.15) is 11.6 Å². The fourth-order valence-electron chi connectivity index (χ4n) is 1.57. The summed E-state index contributed by atoms with van der Waals surface area (Å²) in [6.07, 6.45) is 0. The molecule has 94 valence electrons. The minimum absolute atomic E-state index is 0.217. The Hall–Kier alpha value is -2.10. The number of pyridine rings is 1. The Morgan fingerprint density at radius 1 is 1.17 bits per heavy atom. The van der Waals surface area contributed by atoms with E-state index >= 15 is 0 Å². The first kappa shape index (κ1) is 12.4. The molecule has 18 heavy (non-hydrogen) atoms. The molecule has 2 rings (SSSR count). The van der Waals surface area contributed by atoms with E-state index in [2.05, 4.69) is 10.3 Å². The SMILES string of the molecule is CCOc1cccc(NCc2ccccc2F)n1. The number of ether oxygens (including phenoxy) is 1. The molecule has 1 N–H and O–H groups in total. The van der Waals surface area contributed by atoms with Crippen LogP contribution >= 0.6 is 0 Å². The highest BCUT2D eigenvalue weighted by molar-refractivity contribution is 5.38. The molecule has 0 aliphatic carbocycles. The highest BCUT2D eigenvalue weighted by atomic mass is 19.1. The molecule has 0 amide bonds. The van der Waals surface area contributed by atoms with Crippen molar-refractivity contribution < 1.29 is 9.13 Å². The van der Waals surface area contributed by atoms with Crippen molar-refractivity contribution in [3.05, 3.63) is 53.8 Å². The molecule has 0 bridgehead atoms. The van der Waals surface area contributed by atoms with Gasteiger partial charge < -0.3 is 10.1 Å². The minimum Gasteiger partial charge on any atom is -0.478 e. The molecule has 1 aromatic carbocycles. The summed E-state index contributed by atoms with van der Waals surface area (Å²) in [6, 6.07) is 12.1. The van der Waals surface area contributed by atoms with Crippen molar-refractivity contribution in [2.24, 2.45) is 0 Å². The standard InChI is InChI=1S/C14H15FN2O/c1-2-18-14-9-5-8-13(17-14)16-10-11-6-3-4-7-12(11)15/h3-9H,2,10H2,1H3,(H,16,17). The summed E-state index contributed by atoms with van der Waals surface area (Å²) in [5.41, 5.74) is 0.612. The molecule has 0 atom stereocenters. The summed E-state index contributed by atoms with van der Waals surface area (Å²) in [7, 11) is 0. The lowest BCUT2D eigenvalue weighted by molar-refractivity contribution is 0.327. The smallest absolute Gasteiger partial charge is 0.215 e. The Morgan fingerprint density at radius 2 is 2.00 bits per heavy atom. The monoisotopic (exact) mass is 246 g/mol. The third-order valence-electron chi connectivity index (χ3n) is 2.43. The predicted molar refractivity (Wildman–Crippen MR) is 69.1 cm³/mol. The van der Waals surface area contributed by atoms with Gasteiger partial charge in [-0.1, -0.05) is 24.3 Å². The van der Waals surface area contributed by atoms with E-state index in [0.717, 1.165) is 0 Å². The molecule has 0 saturated carbocycles. The zero-order valence-electron chi connectivity index (χ0n) is 10.2. The maximum absolute atomic E-state index is 13.4. The zero-order valence-corrected chi connectivity index (χ0v) is 10.2. The second-order valence-electron chi connectivity index (χ2n) is 3.74. The third kappa shape index (κ3) is 3.20. The number of hydrogen-bond acceptors (Lipinski definition) is 3. The fourth-order valence-corrected chi connectivity index (χ4v) is 1.57. The molecular weight excluding hydrogens is 231 g/mol. The molecule has 0 unspecified atom stereocenters. The summed E-state index contributed by atoms with van der Waals surface area (Å²) >= 11 is 0. The van der Waals surface area contributed by atoms with Gasteiger partial charge in [0.2, 0.25) is 5.88 Å². The average molecular weight is 246 g/mol. The number of anilines is 1. The molecule has 0 saturated heterocycles. The first-order chi connectivity index (χ1) is 8.79. The van der Waals surface area contributed by atoms with Crippen LogP contribution in [-0.2, 0) is 6.54 Å². The molecule has 4 heteroatoms. The molecule has 0 spiro atoms. The summed E-state index contributed by atoms with van der Waals surface area (Å²) in [5.74, 6) is 1.02. The van der Waals surface area contributed by atoms with Crippen molar-refractivity contribution in [2.45, 2.75) is 13.5 Å². The predicted octanol–water partition coefficient (Wildman–Crippen LogP) is 3.23. The Labute approximate surface area is 106 Å². The number of nitrogens with zero attached hydrogens (tertiary/aromatic N) is 1. The van der Waals surface area contributed by atoms with Crippen LogP contribution in [0.25, 0.3) is 0 Å². The van der Waals surface area contributed by atoms with Crippen molar-refractivity contribution in [2.75, 3.05) is 11.9 Å². The highest BCUT2D eigenvalue weighted by Crippen LogP contribution is 2.13. The van der Waals surface area contributed by atoms with Gasteiger partial charge >= 0.3 is 0 Å². The van der Waals surface area contributed by atoms with E-state index in [1.165, 1.54) is 6.07 Å². The molecule has 1 heterocycles. The number of hydrogen-bond donors (Lipinski definition) is 1. The van der Waals surface area contributed by atoms with Crippen molar-refractivity contribution in [1.82, 2.24) is 4.98 Å². The molecule has 2 aromatic rings. The quantitative estimate of drug-likeness (QED) is 0.879. The van der Waals surface area contributed by atoms with Crippen LogP contribution in [0.1, 0.15) is 12.5 Å².